The van der Waals surface area contributed by atoms with Crippen molar-refractivity contribution in [3.63, 3.8) is 0 Å². The van der Waals surface area contributed by atoms with Gasteiger partial charge in [0.25, 0.3) is 0 Å². The van der Waals surface area contributed by atoms with Crippen LogP contribution in [-0.4, -0.2) is 33.2 Å². The minimum absolute atomic E-state index is 0.00116. The van der Waals surface area contributed by atoms with Crippen LogP contribution in [0.25, 0.3) is 11.0 Å². The maximum atomic E-state index is 11.7. The largest absolute Gasteiger partial charge is 0.352 e. The van der Waals surface area contributed by atoms with Gasteiger partial charge < -0.3 is 10.6 Å². The molecule has 0 saturated carbocycles. The number of anilines is 1. The maximum absolute atomic E-state index is 11.7. The molecule has 1 amide bonds. The first-order valence-electron chi connectivity index (χ1n) is 6.58. The van der Waals surface area contributed by atoms with E-state index in [4.69, 9.17) is 0 Å². The number of amides is 1. The number of rotatable bonds is 4. The number of benzene rings is 1. The summed E-state index contributed by atoms with van der Waals surface area (Å²) >= 11 is 0. The van der Waals surface area contributed by atoms with Crippen molar-refractivity contribution < 1.29 is 4.79 Å². The third-order valence-corrected chi connectivity index (χ3v) is 2.51. The molecule has 106 valence electrons. The molecule has 1 heterocycles. The second kappa shape index (κ2) is 5.81. The lowest BCUT2D eigenvalue weighted by atomic mass is 10.1. The molecule has 0 spiro atoms. The van der Waals surface area contributed by atoms with E-state index in [1.807, 2.05) is 45.0 Å². The Bertz CT molecular complexity index is 606. The molecule has 0 aliphatic rings. The highest BCUT2D eigenvalue weighted by molar-refractivity contribution is 5.77. The first kappa shape index (κ1) is 14.2. The van der Waals surface area contributed by atoms with Crippen LogP contribution in [0.4, 0.5) is 5.95 Å². The molecule has 0 atom stereocenters. The maximum Gasteiger partial charge on any atom is 0.243 e. The Morgan fingerprint density at radius 1 is 1.15 bits per heavy atom. The number of para-hydroxylation sites is 1. The van der Waals surface area contributed by atoms with Gasteiger partial charge in [-0.2, -0.15) is 0 Å². The summed E-state index contributed by atoms with van der Waals surface area (Å²) in [5.41, 5.74) is 1.32. The summed E-state index contributed by atoms with van der Waals surface area (Å²) in [6, 6.07) is 7.53. The molecular weight excluding hydrogens is 254 g/mol. The summed E-state index contributed by atoms with van der Waals surface area (Å²) in [5, 5.41) is 13.9. The fourth-order valence-electron chi connectivity index (χ4n) is 1.72. The summed E-state index contributed by atoms with van der Waals surface area (Å²) in [6.45, 7) is 6.33. The Morgan fingerprint density at radius 2 is 1.85 bits per heavy atom. The van der Waals surface area contributed by atoms with Crippen LogP contribution >= 0.6 is 0 Å². The van der Waals surface area contributed by atoms with Gasteiger partial charge in [0.2, 0.25) is 11.9 Å². The van der Waals surface area contributed by atoms with Crippen LogP contribution < -0.4 is 10.6 Å². The molecule has 0 aliphatic heterocycles. The zero-order chi connectivity index (χ0) is 14.6. The second-order valence-corrected chi connectivity index (χ2v) is 5.60. The number of carbonyl (C=O) groups is 1. The molecule has 6 heteroatoms. The predicted molar refractivity (Wildman–Crippen MR) is 78.3 cm³/mol. The number of aromatic nitrogens is 3. The lowest BCUT2D eigenvalue weighted by molar-refractivity contribution is -0.122. The van der Waals surface area contributed by atoms with E-state index < -0.39 is 0 Å². The van der Waals surface area contributed by atoms with Crippen molar-refractivity contribution in [2.75, 3.05) is 11.9 Å². The molecule has 20 heavy (non-hydrogen) atoms. The summed E-state index contributed by atoms with van der Waals surface area (Å²) in [5.74, 6) is 0.436. The number of carbonyl (C=O) groups excluding carboxylic acids is 1. The standard InChI is InChI=1S/C14H19N5O/c1-14(2,3)17-12(20)8-9-15-13-16-10-6-4-5-7-11(10)18-19-13/h4-7H,8-9H2,1-3H3,(H,17,20)(H,15,16,19). The van der Waals surface area contributed by atoms with Crippen molar-refractivity contribution >= 4 is 22.9 Å². The highest BCUT2D eigenvalue weighted by atomic mass is 16.1. The lowest BCUT2D eigenvalue weighted by Gasteiger charge is -2.20. The van der Waals surface area contributed by atoms with E-state index in [-0.39, 0.29) is 11.4 Å². The smallest absolute Gasteiger partial charge is 0.243 e. The first-order chi connectivity index (χ1) is 9.44. The molecule has 2 aromatic rings. The SMILES string of the molecule is CC(C)(C)NC(=O)CCNc1nnc2ccccc2n1. The molecule has 1 aromatic carbocycles. The summed E-state index contributed by atoms with van der Waals surface area (Å²) in [4.78, 5) is 16.0. The van der Waals surface area contributed by atoms with E-state index >= 15 is 0 Å². The molecule has 2 N–H and O–H groups in total. The van der Waals surface area contributed by atoms with Gasteiger partial charge in [-0.3, -0.25) is 4.79 Å². The van der Waals surface area contributed by atoms with Gasteiger partial charge in [-0.15, -0.1) is 10.2 Å². The number of hydrogen-bond acceptors (Lipinski definition) is 5. The monoisotopic (exact) mass is 273 g/mol. The van der Waals surface area contributed by atoms with Gasteiger partial charge in [0.1, 0.15) is 5.52 Å². The van der Waals surface area contributed by atoms with Crippen LogP contribution in [0.5, 0.6) is 0 Å². The Balaban J connectivity index is 1.88. The van der Waals surface area contributed by atoms with E-state index in [9.17, 15) is 4.79 Å². The fourth-order valence-corrected chi connectivity index (χ4v) is 1.72. The van der Waals surface area contributed by atoms with Crippen molar-refractivity contribution in [3.8, 4) is 0 Å². The van der Waals surface area contributed by atoms with Gasteiger partial charge in [0.15, 0.2) is 0 Å². The van der Waals surface area contributed by atoms with Crippen molar-refractivity contribution in [2.24, 2.45) is 0 Å². The van der Waals surface area contributed by atoms with Crippen LogP contribution in [0.15, 0.2) is 24.3 Å². The minimum Gasteiger partial charge on any atom is -0.352 e. The Kier molecular flexibility index (Phi) is 4.12. The van der Waals surface area contributed by atoms with Crippen LogP contribution in [0.1, 0.15) is 27.2 Å². The third kappa shape index (κ3) is 4.15. The van der Waals surface area contributed by atoms with E-state index in [2.05, 4.69) is 25.8 Å². The highest BCUT2D eigenvalue weighted by Crippen LogP contribution is 2.08. The Hall–Kier alpha value is -2.24. The normalized spacial score (nSPS) is 11.3. The quantitative estimate of drug-likeness (QED) is 0.887. The minimum atomic E-state index is -0.210. The van der Waals surface area contributed by atoms with E-state index in [0.717, 1.165) is 11.0 Å². The number of hydrogen-bond donors (Lipinski definition) is 2. The summed E-state index contributed by atoms with van der Waals surface area (Å²) in [6.07, 6.45) is 0.369. The van der Waals surface area contributed by atoms with Gasteiger partial charge in [-0.1, -0.05) is 12.1 Å². The summed E-state index contributed by atoms with van der Waals surface area (Å²) in [7, 11) is 0. The number of nitrogens with one attached hydrogen (secondary N) is 2. The molecule has 2 rings (SSSR count). The molecule has 0 fully saturated rings. The molecule has 0 saturated heterocycles. The average Bonchev–Trinajstić information content (AvgIpc) is 2.36. The van der Waals surface area contributed by atoms with Gasteiger partial charge in [0, 0.05) is 18.5 Å². The van der Waals surface area contributed by atoms with E-state index in [1.165, 1.54) is 0 Å². The zero-order valence-corrected chi connectivity index (χ0v) is 12.0. The number of nitrogens with zero attached hydrogens (tertiary/aromatic N) is 3. The predicted octanol–water partition coefficient (Wildman–Crippen LogP) is 1.74. The molecule has 1 aromatic heterocycles. The second-order valence-electron chi connectivity index (χ2n) is 5.60. The van der Waals surface area contributed by atoms with Crippen LogP contribution in [0.2, 0.25) is 0 Å². The van der Waals surface area contributed by atoms with Gasteiger partial charge in [-0.05, 0) is 32.9 Å². The number of fused-ring (bicyclic) bond motifs is 1. The highest BCUT2D eigenvalue weighted by Gasteiger charge is 2.13. The fraction of sp³-hybridized carbons (Fsp3) is 0.429. The molecule has 6 nitrogen and oxygen atoms in total. The van der Waals surface area contributed by atoms with Crippen LogP contribution in [-0.2, 0) is 4.79 Å². The molecular formula is C14H19N5O. The van der Waals surface area contributed by atoms with Crippen molar-refractivity contribution in [3.05, 3.63) is 24.3 Å². The third-order valence-electron chi connectivity index (χ3n) is 2.51. The lowest BCUT2D eigenvalue weighted by Crippen LogP contribution is -2.41. The Morgan fingerprint density at radius 3 is 2.55 bits per heavy atom. The van der Waals surface area contributed by atoms with Crippen LogP contribution in [0, 0.1) is 0 Å². The molecule has 0 unspecified atom stereocenters. The van der Waals surface area contributed by atoms with Crippen molar-refractivity contribution in [2.45, 2.75) is 32.7 Å². The molecule has 0 bridgehead atoms. The molecule has 0 aliphatic carbocycles. The summed E-state index contributed by atoms with van der Waals surface area (Å²) < 4.78 is 0. The van der Waals surface area contributed by atoms with Crippen molar-refractivity contribution in [1.29, 1.82) is 0 Å². The average molecular weight is 273 g/mol. The van der Waals surface area contributed by atoms with Crippen molar-refractivity contribution in [1.82, 2.24) is 20.5 Å². The first-order valence-corrected chi connectivity index (χ1v) is 6.58. The van der Waals surface area contributed by atoms with E-state index in [1.54, 1.807) is 0 Å². The zero-order valence-electron chi connectivity index (χ0n) is 12.0. The van der Waals surface area contributed by atoms with Crippen LogP contribution in [0.3, 0.4) is 0 Å². The molecule has 0 radical (unpaired) electrons. The van der Waals surface area contributed by atoms with Gasteiger partial charge in [0.05, 0.1) is 5.52 Å². The topological polar surface area (TPSA) is 79.8 Å². The van der Waals surface area contributed by atoms with E-state index in [0.29, 0.717) is 18.9 Å². The van der Waals surface area contributed by atoms with Gasteiger partial charge in [-0.25, -0.2) is 4.98 Å². The Labute approximate surface area is 118 Å². The van der Waals surface area contributed by atoms with Gasteiger partial charge >= 0.3 is 0 Å².